The third-order valence-electron chi connectivity index (χ3n) is 2.84. The van der Waals surface area contributed by atoms with Crippen LogP contribution in [-0.4, -0.2) is 17.6 Å². The molecule has 0 bridgehead atoms. The van der Waals surface area contributed by atoms with Crippen LogP contribution in [0.3, 0.4) is 0 Å². The number of nitrogens with two attached hydrogens (primary N) is 1. The first-order valence-corrected chi connectivity index (χ1v) is 7.96. The summed E-state index contributed by atoms with van der Waals surface area (Å²) in [6, 6.07) is 14.5. The molecule has 0 saturated heterocycles. The van der Waals surface area contributed by atoms with Gasteiger partial charge >= 0.3 is 0 Å². The molecule has 2 aromatic rings. The van der Waals surface area contributed by atoms with Crippen LogP contribution in [0, 0.1) is 0 Å². The summed E-state index contributed by atoms with van der Waals surface area (Å²) in [7, 11) is 0. The molecule has 22 heavy (non-hydrogen) atoms. The summed E-state index contributed by atoms with van der Waals surface area (Å²) in [5, 5.41) is 3.40. The summed E-state index contributed by atoms with van der Waals surface area (Å²) in [6.07, 6.45) is 0.189. The van der Waals surface area contributed by atoms with Crippen LogP contribution in [0.25, 0.3) is 0 Å². The van der Waals surface area contributed by atoms with Gasteiger partial charge in [0, 0.05) is 9.92 Å². The molecule has 6 heteroatoms. The minimum atomic E-state index is -0.401. The van der Waals surface area contributed by atoms with Gasteiger partial charge in [-0.3, -0.25) is 9.59 Å². The number of benzene rings is 2. The molecule has 0 spiro atoms. The first-order chi connectivity index (χ1) is 10.6. The van der Waals surface area contributed by atoms with E-state index in [1.165, 1.54) is 11.8 Å². The second-order valence-corrected chi connectivity index (χ2v) is 5.99. The summed E-state index contributed by atoms with van der Waals surface area (Å²) < 4.78 is 0. The number of rotatable bonds is 6. The average molecular weight is 335 g/mol. The number of amides is 2. The number of para-hydroxylation sites is 1. The summed E-state index contributed by atoms with van der Waals surface area (Å²) >= 11 is 7.34. The lowest BCUT2D eigenvalue weighted by Crippen LogP contribution is -2.16. The van der Waals surface area contributed by atoms with E-state index in [1.807, 2.05) is 36.4 Å². The maximum absolute atomic E-state index is 12.2. The van der Waals surface area contributed by atoms with Crippen LogP contribution in [-0.2, 0) is 16.0 Å². The van der Waals surface area contributed by atoms with Gasteiger partial charge in [-0.25, -0.2) is 0 Å². The van der Waals surface area contributed by atoms with Crippen molar-refractivity contribution < 1.29 is 9.59 Å². The number of hydrogen-bond acceptors (Lipinski definition) is 3. The third-order valence-corrected chi connectivity index (χ3v) is 4.30. The van der Waals surface area contributed by atoms with E-state index in [-0.39, 0.29) is 18.1 Å². The Morgan fingerprint density at radius 3 is 2.50 bits per heavy atom. The van der Waals surface area contributed by atoms with Crippen LogP contribution in [0.5, 0.6) is 0 Å². The van der Waals surface area contributed by atoms with Crippen molar-refractivity contribution in [3.05, 3.63) is 59.1 Å². The number of anilines is 1. The fourth-order valence-corrected chi connectivity index (χ4v) is 2.80. The van der Waals surface area contributed by atoms with Gasteiger partial charge in [0.25, 0.3) is 0 Å². The lowest BCUT2D eigenvalue weighted by molar-refractivity contribution is -0.116. The topological polar surface area (TPSA) is 72.2 Å². The minimum Gasteiger partial charge on any atom is -0.369 e. The molecule has 0 unspecified atom stereocenters. The number of thioether (sulfide) groups is 1. The number of hydrogen-bond donors (Lipinski definition) is 2. The lowest BCUT2D eigenvalue weighted by Gasteiger charge is -2.10. The Morgan fingerprint density at radius 2 is 1.77 bits per heavy atom. The zero-order chi connectivity index (χ0) is 15.9. The van der Waals surface area contributed by atoms with E-state index in [1.54, 1.807) is 12.1 Å². The molecule has 0 fully saturated rings. The van der Waals surface area contributed by atoms with Crippen molar-refractivity contribution >= 4 is 40.9 Å². The molecule has 3 N–H and O–H groups in total. The molecule has 114 valence electrons. The van der Waals surface area contributed by atoms with Crippen molar-refractivity contribution in [2.75, 3.05) is 11.1 Å². The highest BCUT2D eigenvalue weighted by molar-refractivity contribution is 8.00. The van der Waals surface area contributed by atoms with Crippen molar-refractivity contribution in [3.8, 4) is 0 Å². The predicted octanol–water partition coefficient (Wildman–Crippen LogP) is 3.10. The number of halogens is 1. The Kier molecular flexibility index (Phi) is 5.86. The number of carbonyl (C=O) groups is 2. The number of nitrogens with one attached hydrogen (secondary N) is 1. The highest BCUT2D eigenvalue weighted by atomic mass is 35.5. The van der Waals surface area contributed by atoms with Gasteiger partial charge in [-0.15, -0.1) is 11.8 Å². The zero-order valence-corrected chi connectivity index (χ0v) is 13.3. The van der Waals surface area contributed by atoms with Crippen LogP contribution in [0.15, 0.2) is 53.4 Å². The maximum Gasteiger partial charge on any atom is 0.228 e. The SMILES string of the molecule is NC(=O)CSc1ccccc1NC(=O)Cc1ccccc1Cl. The van der Waals surface area contributed by atoms with Gasteiger partial charge in [0.2, 0.25) is 11.8 Å². The van der Waals surface area contributed by atoms with Crippen LogP contribution < -0.4 is 11.1 Å². The van der Waals surface area contributed by atoms with E-state index < -0.39 is 5.91 Å². The predicted molar refractivity (Wildman–Crippen MR) is 90.1 cm³/mol. The summed E-state index contributed by atoms with van der Waals surface area (Å²) in [6.45, 7) is 0. The van der Waals surface area contributed by atoms with Gasteiger partial charge in [-0.05, 0) is 23.8 Å². The second-order valence-electron chi connectivity index (χ2n) is 4.57. The van der Waals surface area contributed by atoms with E-state index >= 15 is 0 Å². The first-order valence-electron chi connectivity index (χ1n) is 6.59. The summed E-state index contributed by atoms with van der Waals surface area (Å²) in [5.41, 5.74) is 6.57. The van der Waals surface area contributed by atoms with Gasteiger partial charge in [0.15, 0.2) is 0 Å². The largest absolute Gasteiger partial charge is 0.369 e. The van der Waals surface area contributed by atoms with E-state index in [0.29, 0.717) is 10.7 Å². The molecule has 2 aromatic carbocycles. The Hall–Kier alpha value is -1.98. The van der Waals surface area contributed by atoms with Crippen LogP contribution >= 0.6 is 23.4 Å². The average Bonchev–Trinajstić information content (AvgIpc) is 2.48. The Bertz CT molecular complexity index is 691. The molecule has 0 heterocycles. The molecule has 2 amide bonds. The molecule has 0 aliphatic rings. The minimum absolute atomic E-state index is 0.164. The monoisotopic (exact) mass is 334 g/mol. The van der Waals surface area contributed by atoms with Crippen LogP contribution in [0.1, 0.15) is 5.56 Å². The number of carbonyl (C=O) groups excluding carboxylic acids is 2. The Balaban J connectivity index is 2.05. The van der Waals surface area contributed by atoms with Gasteiger partial charge in [0.05, 0.1) is 17.9 Å². The fourth-order valence-electron chi connectivity index (χ4n) is 1.85. The standard InChI is InChI=1S/C16H15ClN2O2S/c17-12-6-2-1-5-11(12)9-16(21)19-13-7-3-4-8-14(13)22-10-15(18)20/h1-8H,9-10H2,(H2,18,20)(H,19,21). The molecule has 0 aliphatic carbocycles. The molecule has 0 radical (unpaired) electrons. The van der Waals surface area contributed by atoms with Crippen molar-refractivity contribution in [2.24, 2.45) is 5.73 Å². The fraction of sp³-hybridized carbons (Fsp3) is 0.125. The smallest absolute Gasteiger partial charge is 0.228 e. The lowest BCUT2D eigenvalue weighted by atomic mass is 10.1. The molecular formula is C16H15ClN2O2S. The quantitative estimate of drug-likeness (QED) is 0.797. The van der Waals surface area contributed by atoms with Crippen molar-refractivity contribution in [2.45, 2.75) is 11.3 Å². The van der Waals surface area contributed by atoms with Gasteiger partial charge in [-0.1, -0.05) is 41.9 Å². The summed E-state index contributed by atoms with van der Waals surface area (Å²) in [4.78, 5) is 23.8. The van der Waals surface area contributed by atoms with E-state index in [0.717, 1.165) is 10.5 Å². The van der Waals surface area contributed by atoms with Crippen molar-refractivity contribution in [1.82, 2.24) is 0 Å². The van der Waals surface area contributed by atoms with Gasteiger partial charge in [0.1, 0.15) is 0 Å². The highest BCUT2D eigenvalue weighted by Crippen LogP contribution is 2.27. The second kappa shape index (κ2) is 7.87. The molecule has 2 rings (SSSR count). The Labute approximate surface area is 138 Å². The molecule has 0 saturated carbocycles. The highest BCUT2D eigenvalue weighted by Gasteiger charge is 2.10. The van der Waals surface area contributed by atoms with Crippen molar-refractivity contribution in [1.29, 1.82) is 0 Å². The molecule has 0 aromatic heterocycles. The molecule has 4 nitrogen and oxygen atoms in total. The zero-order valence-electron chi connectivity index (χ0n) is 11.7. The molecular weight excluding hydrogens is 320 g/mol. The van der Waals surface area contributed by atoms with Crippen LogP contribution in [0.2, 0.25) is 5.02 Å². The van der Waals surface area contributed by atoms with E-state index in [9.17, 15) is 9.59 Å². The molecule has 0 aliphatic heterocycles. The van der Waals surface area contributed by atoms with Gasteiger partial charge in [-0.2, -0.15) is 0 Å². The van der Waals surface area contributed by atoms with Crippen molar-refractivity contribution in [3.63, 3.8) is 0 Å². The van der Waals surface area contributed by atoms with Crippen LogP contribution in [0.4, 0.5) is 5.69 Å². The number of primary amides is 1. The van der Waals surface area contributed by atoms with E-state index in [4.69, 9.17) is 17.3 Å². The molecule has 0 atom stereocenters. The summed E-state index contributed by atoms with van der Waals surface area (Å²) in [5.74, 6) is -0.403. The van der Waals surface area contributed by atoms with Gasteiger partial charge < -0.3 is 11.1 Å². The third kappa shape index (κ3) is 4.79. The van der Waals surface area contributed by atoms with E-state index in [2.05, 4.69) is 5.32 Å². The maximum atomic E-state index is 12.2. The first kappa shape index (κ1) is 16.4. The Morgan fingerprint density at radius 1 is 1.09 bits per heavy atom. The normalized spacial score (nSPS) is 10.2.